The van der Waals surface area contributed by atoms with E-state index in [4.69, 9.17) is 37.4 Å². The monoisotopic (exact) mass is 411 g/mol. The van der Waals surface area contributed by atoms with E-state index < -0.39 is 5.97 Å². The summed E-state index contributed by atoms with van der Waals surface area (Å²) in [5, 5.41) is 3.48. The summed E-state index contributed by atoms with van der Waals surface area (Å²) < 4.78 is 15.5. The van der Waals surface area contributed by atoms with E-state index in [0.29, 0.717) is 40.3 Å². The predicted molar refractivity (Wildman–Crippen MR) is 104 cm³/mol. The van der Waals surface area contributed by atoms with E-state index >= 15 is 0 Å². The lowest BCUT2D eigenvalue weighted by Gasteiger charge is -2.10. The Kier molecular flexibility index (Phi) is 8.39. The predicted octanol–water partition coefficient (Wildman–Crippen LogP) is 4.20. The van der Waals surface area contributed by atoms with Crippen LogP contribution in [0.5, 0.6) is 5.75 Å². The van der Waals surface area contributed by atoms with Crippen molar-refractivity contribution in [3.05, 3.63) is 58.1 Å². The maximum Gasteiger partial charge on any atom is 0.338 e. The first kappa shape index (κ1) is 21.0. The molecule has 1 amide bonds. The number of nitrogens with one attached hydrogen (secondary N) is 1. The van der Waals surface area contributed by atoms with Gasteiger partial charge in [-0.25, -0.2) is 4.79 Å². The Hall–Kier alpha value is -2.28. The molecule has 0 heterocycles. The number of carbonyl (C=O) groups excluding carboxylic acids is 2. The first-order chi connectivity index (χ1) is 13.0. The van der Waals surface area contributed by atoms with Crippen molar-refractivity contribution in [3.8, 4) is 5.75 Å². The van der Waals surface area contributed by atoms with Crippen molar-refractivity contribution in [1.82, 2.24) is 0 Å². The molecule has 0 saturated heterocycles. The Morgan fingerprint density at radius 1 is 1.04 bits per heavy atom. The number of anilines is 1. The van der Waals surface area contributed by atoms with Crippen molar-refractivity contribution >= 4 is 40.8 Å². The van der Waals surface area contributed by atoms with Gasteiger partial charge in [0, 0.05) is 23.4 Å². The molecule has 2 aromatic rings. The quantitative estimate of drug-likeness (QED) is 0.494. The van der Waals surface area contributed by atoms with E-state index in [0.717, 1.165) is 0 Å². The summed E-state index contributed by atoms with van der Waals surface area (Å²) >= 11 is 11.8. The van der Waals surface area contributed by atoms with Crippen molar-refractivity contribution in [1.29, 1.82) is 0 Å². The number of hydrogen-bond donors (Lipinski definition) is 1. The summed E-state index contributed by atoms with van der Waals surface area (Å²) in [5.74, 6) is -0.506. The Morgan fingerprint density at radius 3 is 2.48 bits per heavy atom. The Morgan fingerprint density at radius 2 is 1.78 bits per heavy atom. The topological polar surface area (TPSA) is 73.9 Å². The second-order valence-corrected chi connectivity index (χ2v) is 6.17. The van der Waals surface area contributed by atoms with Gasteiger partial charge in [-0.15, -0.1) is 0 Å². The number of ether oxygens (including phenoxy) is 3. The van der Waals surface area contributed by atoms with Gasteiger partial charge in [0.05, 0.1) is 17.2 Å². The van der Waals surface area contributed by atoms with Crippen LogP contribution in [0.3, 0.4) is 0 Å². The first-order valence-corrected chi connectivity index (χ1v) is 8.98. The average molecular weight is 412 g/mol. The summed E-state index contributed by atoms with van der Waals surface area (Å²) in [5.41, 5.74) is 0.901. The second-order valence-electron chi connectivity index (χ2n) is 5.32. The second kappa shape index (κ2) is 10.8. The third-order valence-corrected chi connectivity index (χ3v) is 3.87. The van der Waals surface area contributed by atoms with Crippen LogP contribution in [0.2, 0.25) is 10.0 Å². The highest BCUT2D eigenvalue weighted by molar-refractivity contribution is 6.34. The zero-order chi connectivity index (χ0) is 19.6. The zero-order valence-electron chi connectivity index (χ0n) is 14.7. The Labute approximate surface area is 167 Å². The van der Waals surface area contributed by atoms with Gasteiger partial charge in [-0.3, -0.25) is 4.79 Å². The summed E-state index contributed by atoms with van der Waals surface area (Å²) in [6.45, 7) is 2.74. The third kappa shape index (κ3) is 7.09. The Bertz CT molecular complexity index is 780. The summed E-state index contributed by atoms with van der Waals surface area (Å²) in [7, 11) is 0. The maximum absolute atomic E-state index is 12.0. The molecular formula is C19H19Cl2NO5. The highest BCUT2D eigenvalue weighted by Gasteiger charge is 2.09. The van der Waals surface area contributed by atoms with Gasteiger partial charge in [0.25, 0.3) is 5.91 Å². The fourth-order valence-electron chi connectivity index (χ4n) is 2.04. The van der Waals surface area contributed by atoms with Gasteiger partial charge >= 0.3 is 5.97 Å². The van der Waals surface area contributed by atoms with Crippen LogP contribution >= 0.6 is 23.2 Å². The van der Waals surface area contributed by atoms with Crippen molar-refractivity contribution in [2.75, 3.05) is 31.7 Å². The smallest absolute Gasteiger partial charge is 0.338 e. The molecule has 27 heavy (non-hydrogen) atoms. The summed E-state index contributed by atoms with van der Waals surface area (Å²) in [6, 6.07) is 11.1. The van der Waals surface area contributed by atoms with Crippen LogP contribution in [-0.4, -0.2) is 38.3 Å². The normalized spacial score (nSPS) is 10.3. The minimum atomic E-state index is -0.452. The highest BCUT2D eigenvalue weighted by atomic mass is 35.5. The molecule has 0 fully saturated rings. The number of halogens is 2. The molecule has 0 atom stereocenters. The molecule has 0 bridgehead atoms. The third-order valence-electron chi connectivity index (χ3n) is 3.32. The van der Waals surface area contributed by atoms with Crippen LogP contribution in [0, 0.1) is 0 Å². The molecule has 0 saturated carbocycles. The fourth-order valence-corrected chi connectivity index (χ4v) is 2.37. The standard InChI is InChI=1S/C19H19Cl2NO5/c1-2-25-9-10-26-19(24)13-3-6-15(7-4-13)22-18(23)12-27-17-11-14(20)5-8-16(17)21/h3-8,11H,2,9-10,12H2,1H3,(H,22,23). The molecule has 144 valence electrons. The van der Waals surface area contributed by atoms with E-state index in [-0.39, 0.29) is 19.1 Å². The van der Waals surface area contributed by atoms with Gasteiger partial charge in [-0.05, 0) is 43.3 Å². The maximum atomic E-state index is 12.0. The van der Waals surface area contributed by atoms with Crippen molar-refractivity contribution in [2.45, 2.75) is 6.92 Å². The summed E-state index contributed by atoms with van der Waals surface area (Å²) in [6.07, 6.45) is 0. The molecule has 0 radical (unpaired) electrons. The van der Waals surface area contributed by atoms with E-state index in [1.165, 1.54) is 6.07 Å². The number of rotatable bonds is 9. The molecular weight excluding hydrogens is 393 g/mol. The van der Waals surface area contributed by atoms with Gasteiger partial charge in [-0.2, -0.15) is 0 Å². The molecule has 0 unspecified atom stereocenters. The van der Waals surface area contributed by atoms with Crippen LogP contribution in [0.4, 0.5) is 5.69 Å². The lowest BCUT2D eigenvalue weighted by molar-refractivity contribution is -0.118. The van der Waals surface area contributed by atoms with Crippen molar-refractivity contribution in [2.24, 2.45) is 0 Å². The molecule has 0 spiro atoms. The zero-order valence-corrected chi connectivity index (χ0v) is 16.2. The Balaban J connectivity index is 1.82. The molecule has 0 aliphatic heterocycles. The van der Waals surface area contributed by atoms with Crippen LogP contribution < -0.4 is 10.1 Å². The SMILES string of the molecule is CCOCCOC(=O)c1ccc(NC(=O)COc2cc(Cl)ccc2Cl)cc1. The molecule has 6 nitrogen and oxygen atoms in total. The van der Waals surface area contributed by atoms with Crippen LogP contribution in [0.25, 0.3) is 0 Å². The molecule has 1 N–H and O–H groups in total. The van der Waals surface area contributed by atoms with E-state index in [1.807, 2.05) is 6.92 Å². The molecule has 8 heteroatoms. The van der Waals surface area contributed by atoms with Crippen LogP contribution in [-0.2, 0) is 14.3 Å². The van der Waals surface area contributed by atoms with Crippen LogP contribution in [0.1, 0.15) is 17.3 Å². The number of benzene rings is 2. The van der Waals surface area contributed by atoms with Crippen LogP contribution in [0.15, 0.2) is 42.5 Å². The highest BCUT2D eigenvalue weighted by Crippen LogP contribution is 2.27. The molecule has 0 aromatic heterocycles. The number of esters is 1. The lowest BCUT2D eigenvalue weighted by atomic mass is 10.2. The van der Waals surface area contributed by atoms with Crippen molar-refractivity contribution in [3.63, 3.8) is 0 Å². The van der Waals surface area contributed by atoms with Gasteiger partial charge in [0.15, 0.2) is 6.61 Å². The molecule has 0 aliphatic carbocycles. The largest absolute Gasteiger partial charge is 0.482 e. The van der Waals surface area contributed by atoms with E-state index in [1.54, 1.807) is 36.4 Å². The van der Waals surface area contributed by atoms with Gasteiger partial charge in [0.1, 0.15) is 12.4 Å². The number of amides is 1. The molecule has 2 rings (SSSR count). The van der Waals surface area contributed by atoms with Gasteiger partial charge < -0.3 is 19.5 Å². The first-order valence-electron chi connectivity index (χ1n) is 8.22. The van der Waals surface area contributed by atoms with E-state index in [9.17, 15) is 9.59 Å². The minimum Gasteiger partial charge on any atom is -0.482 e. The van der Waals surface area contributed by atoms with Gasteiger partial charge in [0.2, 0.25) is 0 Å². The lowest BCUT2D eigenvalue weighted by Crippen LogP contribution is -2.20. The average Bonchev–Trinajstić information content (AvgIpc) is 2.66. The van der Waals surface area contributed by atoms with Crippen molar-refractivity contribution < 1.29 is 23.8 Å². The molecule has 0 aliphatic rings. The number of hydrogen-bond acceptors (Lipinski definition) is 5. The summed E-state index contributed by atoms with van der Waals surface area (Å²) in [4.78, 5) is 23.8. The number of carbonyl (C=O) groups is 2. The molecule has 2 aromatic carbocycles. The minimum absolute atomic E-state index is 0.189. The van der Waals surface area contributed by atoms with Gasteiger partial charge in [-0.1, -0.05) is 23.2 Å². The fraction of sp³-hybridized carbons (Fsp3) is 0.263. The van der Waals surface area contributed by atoms with E-state index in [2.05, 4.69) is 5.32 Å².